The van der Waals surface area contributed by atoms with E-state index in [9.17, 15) is 0 Å². The van der Waals surface area contributed by atoms with Crippen molar-refractivity contribution < 1.29 is 0 Å². The highest BCUT2D eigenvalue weighted by atomic mass is 15.0. The molecule has 1 aliphatic rings. The molecule has 1 atom stereocenters. The van der Waals surface area contributed by atoms with E-state index >= 15 is 0 Å². The number of hydrogen-bond donors (Lipinski definition) is 1. The van der Waals surface area contributed by atoms with Crippen LogP contribution in [-0.2, 0) is 6.54 Å². The van der Waals surface area contributed by atoms with Crippen LogP contribution in [0.5, 0.6) is 0 Å². The fourth-order valence-corrected chi connectivity index (χ4v) is 3.33. The monoisotopic (exact) mass is 250 g/mol. The Morgan fingerprint density at radius 2 is 1.58 bits per heavy atom. The van der Waals surface area contributed by atoms with E-state index < -0.39 is 0 Å². The average molecular weight is 250 g/mol. The Bertz CT molecular complexity index is 667. The number of nitrogens with zero attached hydrogens (tertiary/aromatic N) is 1. The summed E-state index contributed by atoms with van der Waals surface area (Å²) >= 11 is 0. The van der Waals surface area contributed by atoms with Gasteiger partial charge in [0.05, 0.1) is 0 Å². The molecule has 2 nitrogen and oxygen atoms in total. The summed E-state index contributed by atoms with van der Waals surface area (Å²) in [4.78, 5) is 0. The topological polar surface area (TPSA) is 17.0 Å². The van der Waals surface area contributed by atoms with Gasteiger partial charge in [0, 0.05) is 34.4 Å². The number of para-hydroxylation sites is 2. The molecule has 0 aliphatic carbocycles. The number of hydrogen-bond acceptors (Lipinski definition) is 1. The van der Waals surface area contributed by atoms with Crippen molar-refractivity contribution in [2.24, 2.45) is 0 Å². The number of nitrogens with one attached hydrogen (secondary N) is 1. The molecule has 1 unspecified atom stereocenters. The van der Waals surface area contributed by atoms with Gasteiger partial charge in [-0.1, -0.05) is 36.4 Å². The Morgan fingerprint density at radius 3 is 2.16 bits per heavy atom. The zero-order valence-electron chi connectivity index (χ0n) is 11.0. The van der Waals surface area contributed by atoms with Gasteiger partial charge in [-0.25, -0.2) is 0 Å². The van der Waals surface area contributed by atoms with E-state index in [-0.39, 0.29) is 0 Å². The van der Waals surface area contributed by atoms with Gasteiger partial charge in [-0.2, -0.15) is 0 Å². The zero-order chi connectivity index (χ0) is 12.7. The molecule has 1 N–H and O–H groups in total. The molecule has 0 saturated carbocycles. The van der Waals surface area contributed by atoms with E-state index in [2.05, 4.69) is 58.4 Å². The predicted molar refractivity (Wildman–Crippen MR) is 80.5 cm³/mol. The maximum absolute atomic E-state index is 3.60. The van der Waals surface area contributed by atoms with Crippen molar-refractivity contribution in [1.82, 2.24) is 9.88 Å². The van der Waals surface area contributed by atoms with Crippen molar-refractivity contribution >= 4 is 21.8 Å². The highest BCUT2D eigenvalue weighted by Crippen LogP contribution is 2.29. The number of benzene rings is 2. The zero-order valence-corrected chi connectivity index (χ0v) is 11.0. The second-order valence-electron chi connectivity index (χ2n) is 5.44. The van der Waals surface area contributed by atoms with E-state index in [4.69, 9.17) is 0 Å². The minimum absolute atomic E-state index is 0.624. The molecule has 1 saturated heterocycles. The normalized spacial score (nSPS) is 19.5. The van der Waals surface area contributed by atoms with Gasteiger partial charge in [-0.05, 0) is 31.5 Å². The summed E-state index contributed by atoms with van der Waals surface area (Å²) in [5, 5.41) is 6.35. The van der Waals surface area contributed by atoms with Gasteiger partial charge in [0.2, 0.25) is 0 Å². The molecule has 1 fully saturated rings. The highest BCUT2D eigenvalue weighted by molar-refractivity contribution is 6.07. The Labute approximate surface area is 113 Å². The molecule has 4 rings (SSSR count). The van der Waals surface area contributed by atoms with Crippen LogP contribution in [0, 0.1) is 0 Å². The summed E-state index contributed by atoms with van der Waals surface area (Å²) in [7, 11) is 0. The highest BCUT2D eigenvalue weighted by Gasteiger charge is 2.17. The first kappa shape index (κ1) is 11.1. The molecular weight excluding hydrogens is 232 g/mol. The summed E-state index contributed by atoms with van der Waals surface area (Å²) in [6.45, 7) is 2.25. The first-order valence-corrected chi connectivity index (χ1v) is 7.13. The quantitative estimate of drug-likeness (QED) is 0.736. The lowest BCUT2D eigenvalue weighted by atomic mass is 10.2. The van der Waals surface area contributed by atoms with Gasteiger partial charge in [0.15, 0.2) is 0 Å². The first-order chi connectivity index (χ1) is 9.43. The second-order valence-corrected chi connectivity index (χ2v) is 5.44. The van der Waals surface area contributed by atoms with Gasteiger partial charge in [-0.15, -0.1) is 0 Å². The smallest absolute Gasteiger partial charge is 0.0491 e. The summed E-state index contributed by atoms with van der Waals surface area (Å²) in [6.07, 6.45) is 2.60. The third-order valence-corrected chi connectivity index (χ3v) is 4.25. The third-order valence-electron chi connectivity index (χ3n) is 4.25. The second kappa shape index (κ2) is 4.39. The molecular formula is C17H18N2. The first-order valence-electron chi connectivity index (χ1n) is 7.13. The molecule has 3 aromatic rings. The van der Waals surface area contributed by atoms with Crippen LogP contribution in [0.15, 0.2) is 48.5 Å². The maximum Gasteiger partial charge on any atom is 0.0491 e. The molecule has 96 valence electrons. The predicted octanol–water partition coefficient (Wildman–Crippen LogP) is 3.55. The molecule has 2 aromatic carbocycles. The molecule has 1 aliphatic heterocycles. The Kier molecular flexibility index (Phi) is 2.56. The van der Waals surface area contributed by atoms with Crippen molar-refractivity contribution in [3.8, 4) is 0 Å². The van der Waals surface area contributed by atoms with Crippen LogP contribution in [0.4, 0.5) is 0 Å². The summed E-state index contributed by atoms with van der Waals surface area (Å²) < 4.78 is 2.48. The summed E-state index contributed by atoms with van der Waals surface area (Å²) in [5.41, 5.74) is 2.72. The van der Waals surface area contributed by atoms with Crippen LogP contribution in [0.25, 0.3) is 21.8 Å². The fraction of sp³-hybridized carbons (Fsp3) is 0.294. The van der Waals surface area contributed by atoms with E-state index in [1.807, 2.05) is 0 Å². The van der Waals surface area contributed by atoms with E-state index in [0.717, 1.165) is 6.54 Å². The van der Waals surface area contributed by atoms with Gasteiger partial charge in [-0.3, -0.25) is 0 Å². The molecule has 0 amide bonds. The number of fused-ring (bicyclic) bond motifs is 3. The molecule has 19 heavy (non-hydrogen) atoms. The van der Waals surface area contributed by atoms with Crippen molar-refractivity contribution in [2.45, 2.75) is 25.4 Å². The van der Waals surface area contributed by atoms with Gasteiger partial charge in [0.1, 0.15) is 0 Å². The van der Waals surface area contributed by atoms with E-state index in [1.165, 1.54) is 41.2 Å². The lowest BCUT2D eigenvalue weighted by Crippen LogP contribution is -2.26. The van der Waals surface area contributed by atoms with E-state index in [1.54, 1.807) is 0 Å². The van der Waals surface area contributed by atoms with Gasteiger partial charge in [0.25, 0.3) is 0 Å². The van der Waals surface area contributed by atoms with Crippen LogP contribution in [-0.4, -0.2) is 17.2 Å². The van der Waals surface area contributed by atoms with Gasteiger partial charge >= 0.3 is 0 Å². The van der Waals surface area contributed by atoms with Crippen LogP contribution < -0.4 is 5.32 Å². The fourth-order valence-electron chi connectivity index (χ4n) is 3.33. The van der Waals surface area contributed by atoms with Crippen LogP contribution in [0.1, 0.15) is 12.8 Å². The van der Waals surface area contributed by atoms with Crippen molar-refractivity contribution in [3.63, 3.8) is 0 Å². The number of aromatic nitrogens is 1. The molecule has 2 heteroatoms. The lowest BCUT2D eigenvalue weighted by molar-refractivity contribution is 0.527. The Hall–Kier alpha value is -1.80. The maximum atomic E-state index is 3.60. The van der Waals surface area contributed by atoms with Crippen LogP contribution >= 0.6 is 0 Å². The third kappa shape index (κ3) is 1.75. The SMILES string of the molecule is c1ccc2c(c1)c1ccccc1n2CC1CCCN1. The largest absolute Gasteiger partial charge is 0.339 e. The molecule has 1 aromatic heterocycles. The van der Waals surface area contributed by atoms with E-state index in [0.29, 0.717) is 6.04 Å². The van der Waals surface area contributed by atoms with Crippen molar-refractivity contribution in [1.29, 1.82) is 0 Å². The van der Waals surface area contributed by atoms with Crippen molar-refractivity contribution in [3.05, 3.63) is 48.5 Å². The Morgan fingerprint density at radius 1 is 0.947 bits per heavy atom. The number of rotatable bonds is 2. The van der Waals surface area contributed by atoms with Gasteiger partial charge < -0.3 is 9.88 Å². The average Bonchev–Trinajstić information content (AvgIpc) is 3.08. The minimum Gasteiger partial charge on any atom is -0.339 e. The minimum atomic E-state index is 0.624. The molecule has 0 bridgehead atoms. The summed E-state index contributed by atoms with van der Waals surface area (Å²) in [5.74, 6) is 0. The molecule has 0 radical (unpaired) electrons. The molecule has 2 heterocycles. The van der Waals surface area contributed by atoms with Crippen LogP contribution in [0.2, 0.25) is 0 Å². The standard InChI is InChI=1S/C17H18N2/c1-3-9-16-14(7-1)15-8-2-4-10-17(15)19(16)12-13-6-5-11-18-13/h1-4,7-10,13,18H,5-6,11-12H2. The lowest BCUT2D eigenvalue weighted by Gasteiger charge is -2.13. The molecule has 0 spiro atoms. The summed E-state index contributed by atoms with van der Waals surface area (Å²) in [6, 6.07) is 18.1. The van der Waals surface area contributed by atoms with Crippen molar-refractivity contribution in [2.75, 3.05) is 6.54 Å². The van der Waals surface area contributed by atoms with Crippen LogP contribution in [0.3, 0.4) is 0 Å². The Balaban J connectivity index is 1.94.